The van der Waals surface area contributed by atoms with E-state index >= 15 is 0 Å². The van der Waals surface area contributed by atoms with Gasteiger partial charge in [0.05, 0.1) is 11.6 Å². The molecule has 0 saturated heterocycles. The highest BCUT2D eigenvalue weighted by molar-refractivity contribution is 6.29. The van der Waals surface area contributed by atoms with E-state index in [0.29, 0.717) is 17.8 Å². The van der Waals surface area contributed by atoms with Gasteiger partial charge in [0, 0.05) is 18.3 Å². The minimum Gasteiger partial charge on any atom is -0.304 e. The summed E-state index contributed by atoms with van der Waals surface area (Å²) in [5.74, 6) is -1.07. The Bertz CT molecular complexity index is 885. The molecule has 2 amide bonds. The van der Waals surface area contributed by atoms with Crippen molar-refractivity contribution < 1.29 is 9.59 Å². The number of rotatable bonds is 8. The number of carbonyl (C=O) groups excluding carboxylic acids is 2. The van der Waals surface area contributed by atoms with Gasteiger partial charge >= 0.3 is 0 Å². The molecule has 0 saturated carbocycles. The van der Waals surface area contributed by atoms with E-state index in [1.165, 1.54) is 4.90 Å². The number of fused-ring (bicyclic) bond motifs is 1. The summed E-state index contributed by atoms with van der Waals surface area (Å²) in [6, 6.07) is 14.8. The summed E-state index contributed by atoms with van der Waals surface area (Å²) in [6.07, 6.45) is 2.67. The van der Waals surface area contributed by atoms with Crippen molar-refractivity contribution in [2.75, 3.05) is 31.1 Å². The molecule has 2 aromatic carbocycles. The molecule has 5 nitrogen and oxygen atoms in total. The largest absolute Gasteiger partial charge is 0.304 e. The van der Waals surface area contributed by atoms with Gasteiger partial charge < -0.3 is 4.90 Å². The molecule has 1 heterocycles. The Morgan fingerprint density at radius 1 is 1.03 bits per heavy atom. The number of aryl methyl sites for hydroxylation is 1. The topological polar surface area (TPSA) is 53.0 Å². The first-order valence-electron chi connectivity index (χ1n) is 10.3. The Hall–Kier alpha value is -2.79. The van der Waals surface area contributed by atoms with Gasteiger partial charge in [0.2, 0.25) is 5.91 Å². The molecule has 0 N–H and O–H groups in total. The molecule has 0 aliphatic carbocycles. The van der Waals surface area contributed by atoms with Crippen LogP contribution < -0.4 is 4.90 Å². The minimum atomic E-state index is -0.543. The van der Waals surface area contributed by atoms with Crippen molar-refractivity contribution in [3.63, 3.8) is 0 Å². The second-order valence-corrected chi connectivity index (χ2v) is 7.31. The zero-order chi connectivity index (χ0) is 20.8. The van der Waals surface area contributed by atoms with Crippen LogP contribution >= 0.6 is 0 Å². The molecule has 2 aromatic rings. The smallest absolute Gasteiger partial charge is 0.265 e. The van der Waals surface area contributed by atoms with Crippen molar-refractivity contribution in [1.82, 2.24) is 4.90 Å². The highest BCUT2D eigenvalue weighted by Crippen LogP contribution is 2.32. The van der Waals surface area contributed by atoms with E-state index in [1.807, 2.05) is 49.4 Å². The van der Waals surface area contributed by atoms with Gasteiger partial charge in [-0.25, -0.2) is 4.90 Å². The standard InChI is InChI=1S/C24H29N3O2/c1-4-26(5-2)16-8-15-25-17-22-20-9-6-7-10-21(20)23(28)27(24(22)29)19-13-11-18(3)12-14-19/h6-7,9-14,17,22H,4-5,8,15-16H2,1-3H3. The summed E-state index contributed by atoms with van der Waals surface area (Å²) in [6.45, 7) is 10.0. The molecule has 0 radical (unpaired) electrons. The quantitative estimate of drug-likeness (QED) is 0.387. The van der Waals surface area contributed by atoms with Gasteiger partial charge in [0.1, 0.15) is 0 Å². The van der Waals surface area contributed by atoms with E-state index in [2.05, 4.69) is 23.7 Å². The third-order valence-corrected chi connectivity index (χ3v) is 5.42. The number of nitrogens with zero attached hydrogens (tertiary/aromatic N) is 3. The third kappa shape index (κ3) is 4.62. The van der Waals surface area contributed by atoms with Crippen LogP contribution in [0.1, 0.15) is 47.7 Å². The first kappa shape index (κ1) is 20.9. The Balaban J connectivity index is 1.83. The predicted octanol–water partition coefficient (Wildman–Crippen LogP) is 4.07. The molecular formula is C24H29N3O2. The van der Waals surface area contributed by atoms with Crippen LogP contribution in [-0.2, 0) is 4.79 Å². The highest BCUT2D eigenvalue weighted by Gasteiger charge is 2.38. The number of amides is 2. The molecular weight excluding hydrogens is 362 g/mol. The van der Waals surface area contributed by atoms with Gasteiger partial charge in [-0.05, 0) is 56.7 Å². The summed E-state index contributed by atoms with van der Waals surface area (Å²) in [5.41, 5.74) is 2.98. The van der Waals surface area contributed by atoms with E-state index in [-0.39, 0.29) is 11.8 Å². The average Bonchev–Trinajstić information content (AvgIpc) is 2.74. The molecule has 1 atom stereocenters. The van der Waals surface area contributed by atoms with Crippen molar-refractivity contribution >= 4 is 23.7 Å². The monoisotopic (exact) mass is 391 g/mol. The van der Waals surface area contributed by atoms with E-state index in [9.17, 15) is 9.59 Å². The summed E-state index contributed by atoms with van der Waals surface area (Å²) in [7, 11) is 0. The minimum absolute atomic E-state index is 0.245. The van der Waals surface area contributed by atoms with Gasteiger partial charge in [0.25, 0.3) is 5.91 Å². The fraction of sp³-hybridized carbons (Fsp3) is 0.375. The van der Waals surface area contributed by atoms with Crippen LogP contribution in [0.2, 0.25) is 0 Å². The van der Waals surface area contributed by atoms with Crippen LogP contribution in [-0.4, -0.2) is 49.1 Å². The highest BCUT2D eigenvalue weighted by atomic mass is 16.2. The second-order valence-electron chi connectivity index (χ2n) is 7.31. The van der Waals surface area contributed by atoms with E-state index in [4.69, 9.17) is 0 Å². The van der Waals surface area contributed by atoms with Gasteiger partial charge in [-0.1, -0.05) is 49.7 Å². The molecule has 29 heavy (non-hydrogen) atoms. The third-order valence-electron chi connectivity index (χ3n) is 5.42. The second kappa shape index (κ2) is 9.61. The maximum atomic E-state index is 13.3. The van der Waals surface area contributed by atoms with Crippen LogP contribution in [0.3, 0.4) is 0 Å². The first-order valence-corrected chi connectivity index (χ1v) is 10.3. The summed E-state index contributed by atoms with van der Waals surface area (Å²) in [4.78, 5) is 34.5. The van der Waals surface area contributed by atoms with E-state index < -0.39 is 5.92 Å². The van der Waals surface area contributed by atoms with Crippen LogP contribution in [0.15, 0.2) is 53.5 Å². The summed E-state index contributed by atoms with van der Waals surface area (Å²) >= 11 is 0. The molecule has 1 aliphatic heterocycles. The van der Waals surface area contributed by atoms with Crippen LogP contribution in [0.5, 0.6) is 0 Å². The van der Waals surface area contributed by atoms with E-state index in [1.54, 1.807) is 12.3 Å². The van der Waals surface area contributed by atoms with Crippen LogP contribution in [0.4, 0.5) is 5.69 Å². The molecule has 0 aromatic heterocycles. The van der Waals surface area contributed by atoms with Gasteiger partial charge in [0.15, 0.2) is 0 Å². The lowest BCUT2D eigenvalue weighted by Crippen LogP contribution is -2.45. The Morgan fingerprint density at radius 2 is 1.72 bits per heavy atom. The van der Waals surface area contributed by atoms with Gasteiger partial charge in [-0.2, -0.15) is 0 Å². The predicted molar refractivity (Wildman–Crippen MR) is 118 cm³/mol. The molecule has 0 spiro atoms. The van der Waals surface area contributed by atoms with Crippen molar-refractivity contribution in [3.8, 4) is 0 Å². The van der Waals surface area contributed by atoms with Gasteiger partial charge in [-0.15, -0.1) is 0 Å². The molecule has 1 unspecified atom stereocenters. The van der Waals surface area contributed by atoms with Crippen LogP contribution in [0, 0.1) is 6.92 Å². The molecule has 152 valence electrons. The van der Waals surface area contributed by atoms with Crippen molar-refractivity contribution in [2.24, 2.45) is 4.99 Å². The number of hydrogen-bond donors (Lipinski definition) is 0. The summed E-state index contributed by atoms with van der Waals surface area (Å²) in [5, 5.41) is 0. The zero-order valence-corrected chi connectivity index (χ0v) is 17.5. The first-order chi connectivity index (χ1) is 14.1. The molecule has 1 aliphatic rings. The molecule has 0 bridgehead atoms. The van der Waals surface area contributed by atoms with E-state index in [0.717, 1.165) is 37.2 Å². The lowest BCUT2D eigenvalue weighted by atomic mass is 9.89. The normalized spacial score (nSPS) is 16.7. The molecule has 0 fully saturated rings. The Morgan fingerprint density at radius 3 is 2.41 bits per heavy atom. The fourth-order valence-corrected chi connectivity index (χ4v) is 3.64. The lowest BCUT2D eigenvalue weighted by molar-refractivity contribution is -0.118. The van der Waals surface area contributed by atoms with Crippen molar-refractivity contribution in [1.29, 1.82) is 0 Å². The number of imide groups is 1. The molecule has 5 heteroatoms. The van der Waals surface area contributed by atoms with Gasteiger partial charge in [-0.3, -0.25) is 14.6 Å². The van der Waals surface area contributed by atoms with Crippen molar-refractivity contribution in [2.45, 2.75) is 33.1 Å². The lowest BCUT2D eigenvalue weighted by Gasteiger charge is -2.31. The maximum Gasteiger partial charge on any atom is 0.265 e. The maximum absolute atomic E-state index is 13.3. The number of hydrogen-bond acceptors (Lipinski definition) is 4. The average molecular weight is 392 g/mol. The Labute approximate surface area is 173 Å². The van der Waals surface area contributed by atoms with Crippen LogP contribution in [0.25, 0.3) is 0 Å². The number of carbonyl (C=O) groups is 2. The SMILES string of the molecule is CCN(CC)CCCN=CC1C(=O)N(c2ccc(C)cc2)C(=O)c2ccccc21. The number of aliphatic imine (C=N–C) groups is 1. The molecule has 3 rings (SSSR count). The zero-order valence-electron chi connectivity index (χ0n) is 17.5. The fourth-order valence-electron chi connectivity index (χ4n) is 3.64. The van der Waals surface area contributed by atoms with Crippen molar-refractivity contribution in [3.05, 3.63) is 65.2 Å². The summed E-state index contributed by atoms with van der Waals surface area (Å²) < 4.78 is 0. The Kier molecular flexibility index (Phi) is 6.94. The number of anilines is 1. The number of benzene rings is 2.